The molecular formula is C50H29N5. The van der Waals surface area contributed by atoms with E-state index < -0.39 is 0 Å². The van der Waals surface area contributed by atoms with E-state index in [1.807, 2.05) is 30.3 Å². The van der Waals surface area contributed by atoms with Crippen molar-refractivity contribution in [3.63, 3.8) is 0 Å². The zero-order valence-electron chi connectivity index (χ0n) is 29.5. The number of fused-ring (bicyclic) bond motifs is 9. The Morgan fingerprint density at radius 2 is 0.800 bits per heavy atom. The normalized spacial score (nSPS) is 11.6. The number of hydrogen-bond donors (Lipinski definition) is 0. The number of aromatic nitrogens is 3. The van der Waals surface area contributed by atoms with Gasteiger partial charge in [0.05, 0.1) is 62.1 Å². The third kappa shape index (κ3) is 4.51. The second-order valence-electron chi connectivity index (χ2n) is 14.0. The van der Waals surface area contributed by atoms with Gasteiger partial charge in [-0.25, -0.2) is 0 Å². The van der Waals surface area contributed by atoms with Crippen LogP contribution in [0.5, 0.6) is 0 Å². The zero-order valence-corrected chi connectivity index (χ0v) is 29.5. The molecule has 254 valence electrons. The van der Waals surface area contributed by atoms with Gasteiger partial charge in [0.25, 0.3) is 0 Å². The van der Waals surface area contributed by atoms with Gasteiger partial charge in [-0.1, -0.05) is 91.0 Å². The summed E-state index contributed by atoms with van der Waals surface area (Å²) in [6, 6.07) is 65.9. The summed E-state index contributed by atoms with van der Waals surface area (Å²) in [7, 11) is 0. The van der Waals surface area contributed by atoms with E-state index in [1.54, 1.807) is 0 Å². The highest BCUT2D eigenvalue weighted by atomic mass is 15.0. The molecule has 0 aliphatic rings. The SMILES string of the molecule is N#Cc1cc(-c2ccccc2-n2c3ccccc3c3ccccc32)cc(-n2c3ccc(C#N)cc3c3cc(-n4c5ccccc5c5ccccc54)ccc32)c1. The van der Waals surface area contributed by atoms with Crippen LogP contribution in [0.4, 0.5) is 0 Å². The molecule has 5 nitrogen and oxygen atoms in total. The molecule has 5 heteroatoms. The van der Waals surface area contributed by atoms with E-state index in [4.69, 9.17) is 0 Å². The quantitative estimate of drug-likeness (QED) is 0.184. The molecule has 0 atom stereocenters. The summed E-state index contributed by atoms with van der Waals surface area (Å²) in [5.41, 5.74) is 12.6. The molecule has 55 heavy (non-hydrogen) atoms. The van der Waals surface area contributed by atoms with Gasteiger partial charge in [0.1, 0.15) is 0 Å². The molecule has 0 N–H and O–H groups in total. The minimum Gasteiger partial charge on any atom is -0.309 e. The summed E-state index contributed by atoms with van der Waals surface area (Å²) in [6.07, 6.45) is 0. The summed E-state index contributed by atoms with van der Waals surface area (Å²) < 4.78 is 6.88. The van der Waals surface area contributed by atoms with E-state index in [0.717, 1.165) is 72.1 Å². The lowest BCUT2D eigenvalue weighted by atomic mass is 10.00. The molecule has 11 aromatic rings. The lowest BCUT2D eigenvalue weighted by Crippen LogP contribution is -1.99. The van der Waals surface area contributed by atoms with E-state index in [2.05, 4.69) is 171 Å². The van der Waals surface area contributed by atoms with Gasteiger partial charge in [-0.05, 0) is 90.5 Å². The van der Waals surface area contributed by atoms with Crippen molar-refractivity contribution in [3.05, 3.63) is 187 Å². The largest absolute Gasteiger partial charge is 0.309 e. The van der Waals surface area contributed by atoms with Crippen molar-refractivity contribution in [2.24, 2.45) is 0 Å². The average Bonchev–Trinajstić information content (AvgIpc) is 3.88. The molecule has 0 spiro atoms. The molecule has 11 rings (SSSR count). The van der Waals surface area contributed by atoms with E-state index in [9.17, 15) is 10.5 Å². The van der Waals surface area contributed by atoms with Crippen LogP contribution >= 0.6 is 0 Å². The average molecular weight is 700 g/mol. The van der Waals surface area contributed by atoms with Crippen molar-refractivity contribution in [1.82, 2.24) is 13.7 Å². The van der Waals surface area contributed by atoms with Crippen molar-refractivity contribution >= 4 is 65.4 Å². The van der Waals surface area contributed by atoms with Gasteiger partial charge in [0.2, 0.25) is 0 Å². The molecule has 0 fully saturated rings. The van der Waals surface area contributed by atoms with Crippen molar-refractivity contribution < 1.29 is 0 Å². The van der Waals surface area contributed by atoms with Crippen LogP contribution in [-0.2, 0) is 0 Å². The Kier molecular flexibility index (Phi) is 6.61. The van der Waals surface area contributed by atoms with Crippen molar-refractivity contribution in [3.8, 4) is 40.3 Å². The summed E-state index contributed by atoms with van der Waals surface area (Å²) in [4.78, 5) is 0. The molecule has 3 aromatic heterocycles. The van der Waals surface area contributed by atoms with Crippen LogP contribution in [0, 0.1) is 22.7 Å². The Morgan fingerprint density at radius 3 is 1.40 bits per heavy atom. The second-order valence-corrected chi connectivity index (χ2v) is 14.0. The Labute approximate surface area is 316 Å². The molecule has 0 amide bonds. The Bertz CT molecular complexity index is 3360. The smallest absolute Gasteiger partial charge is 0.0992 e. The summed E-state index contributed by atoms with van der Waals surface area (Å²) in [6.45, 7) is 0. The summed E-state index contributed by atoms with van der Waals surface area (Å²) >= 11 is 0. The van der Waals surface area contributed by atoms with Gasteiger partial charge in [0.15, 0.2) is 0 Å². The van der Waals surface area contributed by atoms with Gasteiger partial charge < -0.3 is 13.7 Å². The molecule has 0 bridgehead atoms. The number of hydrogen-bond acceptors (Lipinski definition) is 2. The van der Waals surface area contributed by atoms with Crippen LogP contribution in [-0.4, -0.2) is 13.7 Å². The summed E-state index contributed by atoms with van der Waals surface area (Å²) in [5, 5.41) is 27.3. The first-order chi connectivity index (χ1) is 27.2. The van der Waals surface area contributed by atoms with Crippen LogP contribution in [0.1, 0.15) is 11.1 Å². The lowest BCUT2D eigenvalue weighted by Gasteiger charge is -2.16. The van der Waals surface area contributed by atoms with Gasteiger partial charge in [-0.2, -0.15) is 10.5 Å². The van der Waals surface area contributed by atoms with Crippen LogP contribution in [0.25, 0.3) is 93.6 Å². The first-order valence-corrected chi connectivity index (χ1v) is 18.3. The minimum atomic E-state index is 0.565. The zero-order chi connectivity index (χ0) is 36.6. The molecule has 3 heterocycles. The first kappa shape index (κ1) is 30.7. The van der Waals surface area contributed by atoms with Crippen LogP contribution in [0.15, 0.2) is 176 Å². The fraction of sp³-hybridized carbons (Fsp3) is 0. The standard InChI is InChI=1S/C50H29N5/c51-30-32-21-23-49-42(27-32)43-29-35(53-45-17-7-2-12-38(45)39-13-3-8-18-46(39)53)22-24-50(43)54(49)36-26-33(31-52)25-34(28-36)37-11-1-6-16-44(37)55-47-19-9-4-14-40(47)41-15-5-10-20-48(41)55/h1-29H. The van der Waals surface area contributed by atoms with E-state index in [1.165, 1.54) is 21.5 Å². The van der Waals surface area contributed by atoms with Gasteiger partial charge in [-0.15, -0.1) is 0 Å². The van der Waals surface area contributed by atoms with Crippen molar-refractivity contribution in [2.75, 3.05) is 0 Å². The van der Waals surface area contributed by atoms with E-state index in [-0.39, 0.29) is 0 Å². The predicted octanol–water partition coefficient (Wildman–Crippen LogP) is 12.4. The summed E-state index contributed by atoms with van der Waals surface area (Å²) in [5.74, 6) is 0. The molecule has 0 saturated carbocycles. The molecule has 0 aliphatic carbocycles. The second kappa shape index (κ2) is 11.8. The maximum Gasteiger partial charge on any atom is 0.0992 e. The van der Waals surface area contributed by atoms with Gasteiger partial charge in [0, 0.05) is 49.3 Å². The van der Waals surface area contributed by atoms with Crippen molar-refractivity contribution in [1.29, 1.82) is 10.5 Å². The fourth-order valence-corrected chi connectivity index (χ4v) is 8.75. The van der Waals surface area contributed by atoms with Crippen LogP contribution in [0.2, 0.25) is 0 Å². The van der Waals surface area contributed by atoms with E-state index in [0.29, 0.717) is 11.1 Å². The lowest BCUT2D eigenvalue weighted by molar-refractivity contribution is 1.16. The monoisotopic (exact) mass is 699 g/mol. The van der Waals surface area contributed by atoms with Crippen molar-refractivity contribution in [2.45, 2.75) is 0 Å². The topological polar surface area (TPSA) is 62.4 Å². The molecule has 0 saturated heterocycles. The number of benzene rings is 8. The molecule has 0 aliphatic heterocycles. The number of para-hydroxylation sites is 5. The van der Waals surface area contributed by atoms with Crippen LogP contribution < -0.4 is 0 Å². The van der Waals surface area contributed by atoms with Gasteiger partial charge in [-0.3, -0.25) is 0 Å². The molecule has 0 radical (unpaired) electrons. The maximum atomic E-state index is 10.5. The fourth-order valence-electron chi connectivity index (χ4n) is 8.75. The first-order valence-electron chi connectivity index (χ1n) is 18.3. The van der Waals surface area contributed by atoms with Crippen LogP contribution in [0.3, 0.4) is 0 Å². The minimum absolute atomic E-state index is 0.565. The van der Waals surface area contributed by atoms with E-state index >= 15 is 0 Å². The highest BCUT2D eigenvalue weighted by Gasteiger charge is 2.20. The third-order valence-corrected chi connectivity index (χ3v) is 11.1. The Morgan fingerprint density at radius 1 is 0.327 bits per heavy atom. The third-order valence-electron chi connectivity index (χ3n) is 11.1. The molecular weight excluding hydrogens is 671 g/mol. The highest BCUT2D eigenvalue weighted by Crippen LogP contribution is 2.40. The molecule has 0 unspecified atom stereocenters. The Hall–Kier alpha value is -7.86. The highest BCUT2D eigenvalue weighted by molar-refractivity contribution is 6.13. The van der Waals surface area contributed by atoms with Gasteiger partial charge >= 0.3 is 0 Å². The number of nitrogens with zero attached hydrogens (tertiary/aromatic N) is 5. The number of nitriles is 2. The number of rotatable bonds is 4. The molecule has 8 aromatic carbocycles. The Balaban J connectivity index is 1.16. The predicted molar refractivity (Wildman–Crippen MR) is 224 cm³/mol. The maximum absolute atomic E-state index is 10.5.